The van der Waals surface area contributed by atoms with Crippen molar-refractivity contribution >= 4 is 23.6 Å². The molecule has 0 saturated heterocycles. The molecule has 2 rings (SSSR count). The van der Waals surface area contributed by atoms with E-state index in [9.17, 15) is 4.79 Å². The van der Waals surface area contributed by atoms with Gasteiger partial charge in [0.1, 0.15) is 0 Å². The van der Waals surface area contributed by atoms with Crippen LogP contribution in [0, 0.1) is 0 Å². The fourth-order valence-corrected chi connectivity index (χ4v) is 2.14. The number of amides is 1. The average molecular weight is 184 g/mol. The lowest BCUT2D eigenvalue weighted by Crippen LogP contribution is -2.06. The number of nitrogens with one attached hydrogen (secondary N) is 1. The summed E-state index contributed by atoms with van der Waals surface area (Å²) in [5, 5.41) is 6.44. The first-order chi connectivity index (χ1) is 5.77. The number of rotatable bonds is 1. The van der Waals surface area contributed by atoms with E-state index in [1.807, 2.05) is 0 Å². The first-order valence-corrected chi connectivity index (χ1v) is 4.75. The summed E-state index contributed by atoms with van der Waals surface area (Å²) in [5.74, 6) is 2.17. The molecule has 1 aliphatic rings. The van der Waals surface area contributed by atoms with E-state index in [1.165, 1.54) is 6.92 Å². The van der Waals surface area contributed by atoms with Crippen LogP contribution in [0.5, 0.6) is 0 Å². The van der Waals surface area contributed by atoms with Crippen molar-refractivity contribution in [3.63, 3.8) is 0 Å². The molecule has 0 fully saturated rings. The number of hydrogen-bond acceptors (Lipinski definition) is 4. The van der Waals surface area contributed by atoms with E-state index >= 15 is 0 Å². The predicted molar refractivity (Wildman–Crippen MR) is 45.8 cm³/mol. The Labute approximate surface area is 73.7 Å². The number of thioether (sulfide) groups is 1. The zero-order valence-electron chi connectivity index (χ0n) is 6.59. The van der Waals surface area contributed by atoms with Crippen molar-refractivity contribution in [2.75, 3.05) is 5.32 Å². The molecule has 0 aromatic carbocycles. The Morgan fingerprint density at radius 2 is 2.50 bits per heavy atom. The fraction of sp³-hybridized carbons (Fsp3) is 0.429. The van der Waals surface area contributed by atoms with Gasteiger partial charge in [0.2, 0.25) is 11.8 Å². The zero-order chi connectivity index (χ0) is 8.55. The second-order valence-electron chi connectivity index (χ2n) is 2.61. The summed E-state index contributed by atoms with van der Waals surface area (Å²) < 4.78 is 4.95. The minimum absolute atomic E-state index is 0.120. The largest absolute Gasteiger partial charge is 0.338 e. The molecule has 0 saturated carbocycles. The summed E-state index contributed by atoms with van der Waals surface area (Å²) in [6.45, 7) is 1.46. The van der Waals surface area contributed by atoms with Crippen molar-refractivity contribution in [2.45, 2.75) is 18.4 Å². The maximum Gasteiger partial charge on any atom is 0.235 e. The molecule has 0 atom stereocenters. The van der Waals surface area contributed by atoms with Gasteiger partial charge < -0.3 is 4.52 Å². The van der Waals surface area contributed by atoms with Gasteiger partial charge in [-0.25, -0.2) is 0 Å². The molecule has 1 aromatic rings. The lowest BCUT2D eigenvalue weighted by molar-refractivity contribution is -0.114. The smallest absolute Gasteiger partial charge is 0.235 e. The number of aromatic nitrogens is 1. The van der Waals surface area contributed by atoms with Crippen LogP contribution in [0.15, 0.2) is 4.52 Å². The molecule has 1 N–H and O–H groups in total. The predicted octanol–water partition coefficient (Wildman–Crippen LogP) is 1.38. The van der Waals surface area contributed by atoms with Gasteiger partial charge in [0.15, 0.2) is 0 Å². The van der Waals surface area contributed by atoms with E-state index < -0.39 is 0 Å². The zero-order valence-corrected chi connectivity index (χ0v) is 7.40. The van der Waals surface area contributed by atoms with E-state index in [4.69, 9.17) is 4.52 Å². The summed E-state index contributed by atoms with van der Waals surface area (Å²) in [7, 11) is 0. The SMILES string of the molecule is CC(=O)Nc1onc2c1CSC2. The van der Waals surface area contributed by atoms with Crippen LogP contribution in [-0.2, 0) is 16.3 Å². The van der Waals surface area contributed by atoms with Crippen molar-refractivity contribution in [1.29, 1.82) is 0 Å². The summed E-state index contributed by atoms with van der Waals surface area (Å²) >= 11 is 1.78. The molecule has 0 aliphatic carbocycles. The highest BCUT2D eigenvalue weighted by molar-refractivity contribution is 7.98. The average Bonchev–Trinajstić information content (AvgIpc) is 2.52. The van der Waals surface area contributed by atoms with Crippen LogP contribution in [0.1, 0.15) is 18.2 Å². The third-order valence-corrected chi connectivity index (χ3v) is 2.61. The highest BCUT2D eigenvalue weighted by Gasteiger charge is 2.21. The number of carbonyl (C=O) groups excluding carboxylic acids is 1. The van der Waals surface area contributed by atoms with Gasteiger partial charge in [-0.15, -0.1) is 0 Å². The van der Waals surface area contributed by atoms with Crippen molar-refractivity contribution < 1.29 is 9.32 Å². The van der Waals surface area contributed by atoms with Crippen molar-refractivity contribution in [3.8, 4) is 0 Å². The number of nitrogens with zero attached hydrogens (tertiary/aromatic N) is 1. The quantitative estimate of drug-likeness (QED) is 0.716. The Morgan fingerprint density at radius 3 is 3.25 bits per heavy atom. The van der Waals surface area contributed by atoms with Crippen molar-refractivity contribution in [3.05, 3.63) is 11.3 Å². The minimum atomic E-state index is -0.120. The van der Waals surface area contributed by atoms with Gasteiger partial charge in [-0.2, -0.15) is 11.8 Å². The Hall–Kier alpha value is -0.970. The van der Waals surface area contributed by atoms with Gasteiger partial charge in [0, 0.05) is 18.4 Å². The molecule has 5 heteroatoms. The van der Waals surface area contributed by atoms with Crippen molar-refractivity contribution in [1.82, 2.24) is 5.16 Å². The number of fused-ring (bicyclic) bond motifs is 1. The molecule has 0 bridgehead atoms. The first-order valence-electron chi connectivity index (χ1n) is 3.60. The summed E-state index contributed by atoms with van der Waals surface area (Å²) in [6.07, 6.45) is 0. The van der Waals surface area contributed by atoms with Crippen LogP contribution in [0.4, 0.5) is 5.88 Å². The van der Waals surface area contributed by atoms with Gasteiger partial charge >= 0.3 is 0 Å². The second-order valence-corrected chi connectivity index (χ2v) is 3.60. The fourth-order valence-electron chi connectivity index (χ4n) is 1.11. The van der Waals surface area contributed by atoms with Crippen LogP contribution in [-0.4, -0.2) is 11.1 Å². The maximum absolute atomic E-state index is 10.7. The molecule has 1 aromatic heterocycles. The van der Waals surface area contributed by atoms with Crippen LogP contribution < -0.4 is 5.32 Å². The summed E-state index contributed by atoms with van der Waals surface area (Å²) in [5.41, 5.74) is 2.00. The highest BCUT2D eigenvalue weighted by atomic mass is 32.2. The lowest BCUT2D eigenvalue weighted by atomic mass is 10.3. The molecule has 0 spiro atoms. The van der Waals surface area contributed by atoms with Gasteiger partial charge in [-0.3, -0.25) is 10.1 Å². The molecule has 12 heavy (non-hydrogen) atoms. The molecule has 2 heterocycles. The number of anilines is 1. The standard InChI is InChI=1S/C7H8N2O2S/c1-4(10)8-7-5-2-12-3-6(5)9-11-7/h2-3H2,1H3,(H,8,10). The van der Waals surface area contributed by atoms with E-state index in [-0.39, 0.29) is 5.91 Å². The number of carbonyl (C=O) groups is 1. The Kier molecular flexibility index (Phi) is 1.80. The Morgan fingerprint density at radius 1 is 1.67 bits per heavy atom. The molecule has 64 valence electrons. The van der Waals surface area contributed by atoms with Gasteiger partial charge in [-0.1, -0.05) is 5.16 Å². The normalized spacial score (nSPS) is 14.4. The third kappa shape index (κ3) is 1.20. The van der Waals surface area contributed by atoms with Crippen LogP contribution >= 0.6 is 11.8 Å². The first kappa shape index (κ1) is 7.67. The molecule has 0 unspecified atom stereocenters. The van der Waals surface area contributed by atoms with Gasteiger partial charge in [-0.05, 0) is 0 Å². The highest BCUT2D eigenvalue weighted by Crippen LogP contribution is 2.34. The number of hydrogen-bond donors (Lipinski definition) is 1. The molecule has 1 aliphatic heterocycles. The lowest BCUT2D eigenvalue weighted by Gasteiger charge is -1.95. The topological polar surface area (TPSA) is 55.1 Å². The third-order valence-electron chi connectivity index (χ3n) is 1.64. The minimum Gasteiger partial charge on any atom is -0.338 e. The van der Waals surface area contributed by atoms with E-state index in [0.29, 0.717) is 5.88 Å². The second kappa shape index (κ2) is 2.82. The van der Waals surface area contributed by atoms with E-state index in [0.717, 1.165) is 22.8 Å². The molecular formula is C7H8N2O2S. The van der Waals surface area contributed by atoms with E-state index in [2.05, 4.69) is 10.5 Å². The Balaban J connectivity index is 2.27. The molecular weight excluding hydrogens is 176 g/mol. The van der Waals surface area contributed by atoms with Crippen molar-refractivity contribution in [2.24, 2.45) is 0 Å². The van der Waals surface area contributed by atoms with Gasteiger partial charge in [0.05, 0.1) is 11.3 Å². The summed E-state index contributed by atoms with van der Waals surface area (Å²) in [4.78, 5) is 10.7. The van der Waals surface area contributed by atoms with Crippen LogP contribution in [0.3, 0.4) is 0 Å². The molecule has 1 amide bonds. The monoisotopic (exact) mass is 184 g/mol. The summed E-state index contributed by atoms with van der Waals surface area (Å²) in [6, 6.07) is 0. The maximum atomic E-state index is 10.7. The van der Waals surface area contributed by atoms with E-state index in [1.54, 1.807) is 11.8 Å². The van der Waals surface area contributed by atoms with Crippen LogP contribution in [0.2, 0.25) is 0 Å². The molecule has 0 radical (unpaired) electrons. The molecule has 4 nitrogen and oxygen atoms in total. The van der Waals surface area contributed by atoms with Crippen LogP contribution in [0.25, 0.3) is 0 Å². The van der Waals surface area contributed by atoms with Gasteiger partial charge in [0.25, 0.3) is 0 Å². The Bertz CT molecular complexity index is 321.